The number of hydrogen-bond donors (Lipinski definition) is 1. The van der Waals surface area contributed by atoms with Gasteiger partial charge in [-0.15, -0.1) is 6.58 Å². The van der Waals surface area contributed by atoms with Crippen LogP contribution < -0.4 is 5.32 Å². The van der Waals surface area contributed by atoms with E-state index in [1.54, 1.807) is 0 Å². The van der Waals surface area contributed by atoms with Gasteiger partial charge in [-0.05, 0) is 51.1 Å². The molecule has 0 aromatic heterocycles. The summed E-state index contributed by atoms with van der Waals surface area (Å²) in [4.78, 5) is 0. The van der Waals surface area contributed by atoms with Gasteiger partial charge in [-0.2, -0.15) is 0 Å². The quantitative estimate of drug-likeness (QED) is 0.641. The lowest BCUT2D eigenvalue weighted by molar-refractivity contribution is 0.350. The highest BCUT2D eigenvalue weighted by atomic mass is 14.8. The van der Waals surface area contributed by atoms with Crippen LogP contribution in [-0.2, 0) is 0 Å². The fourth-order valence-corrected chi connectivity index (χ4v) is 2.52. The molecule has 0 spiro atoms. The molecule has 1 rings (SSSR count). The number of hydrogen-bond acceptors (Lipinski definition) is 1. The summed E-state index contributed by atoms with van der Waals surface area (Å²) in [7, 11) is 0. The van der Waals surface area contributed by atoms with Gasteiger partial charge in [0.1, 0.15) is 0 Å². The standard InChI is InChI=1S/C13H25N/c1-4-14-10-13-7-5-6-12(13)9-8-11(2)3/h12-14H,2,4-10H2,1,3H3. The second-order valence-electron chi connectivity index (χ2n) is 4.75. The molecule has 0 aromatic rings. The maximum absolute atomic E-state index is 3.99. The van der Waals surface area contributed by atoms with Crippen LogP contribution in [0, 0.1) is 11.8 Å². The third kappa shape index (κ3) is 3.83. The molecule has 1 aliphatic rings. The largest absolute Gasteiger partial charge is 0.317 e. The van der Waals surface area contributed by atoms with E-state index in [0.29, 0.717) is 0 Å². The van der Waals surface area contributed by atoms with Crippen molar-refractivity contribution < 1.29 is 0 Å². The van der Waals surface area contributed by atoms with Crippen LogP contribution in [0.15, 0.2) is 12.2 Å². The van der Waals surface area contributed by atoms with Crippen LogP contribution in [0.4, 0.5) is 0 Å². The van der Waals surface area contributed by atoms with Crippen LogP contribution in [0.2, 0.25) is 0 Å². The molecule has 1 N–H and O–H groups in total. The van der Waals surface area contributed by atoms with Crippen LogP contribution >= 0.6 is 0 Å². The molecule has 2 atom stereocenters. The molecule has 0 aliphatic heterocycles. The fourth-order valence-electron chi connectivity index (χ4n) is 2.52. The van der Waals surface area contributed by atoms with Crippen LogP contribution in [0.25, 0.3) is 0 Å². The monoisotopic (exact) mass is 195 g/mol. The number of rotatable bonds is 6. The SMILES string of the molecule is C=C(C)CCC1CCCC1CNCC. The lowest BCUT2D eigenvalue weighted by Gasteiger charge is -2.19. The first-order valence-electron chi connectivity index (χ1n) is 6.09. The minimum absolute atomic E-state index is 0.939. The Kier molecular flexibility index (Phi) is 5.24. The van der Waals surface area contributed by atoms with Gasteiger partial charge in [0.05, 0.1) is 0 Å². The Bertz CT molecular complexity index is 174. The van der Waals surface area contributed by atoms with Crippen molar-refractivity contribution in [1.29, 1.82) is 0 Å². The van der Waals surface area contributed by atoms with Crippen molar-refractivity contribution in [1.82, 2.24) is 5.32 Å². The minimum Gasteiger partial charge on any atom is -0.317 e. The molecule has 1 heteroatoms. The van der Waals surface area contributed by atoms with E-state index >= 15 is 0 Å². The van der Waals surface area contributed by atoms with Gasteiger partial charge in [-0.1, -0.05) is 25.3 Å². The Morgan fingerprint density at radius 3 is 2.71 bits per heavy atom. The molecule has 0 aromatic carbocycles. The van der Waals surface area contributed by atoms with Crippen molar-refractivity contribution in [2.24, 2.45) is 11.8 Å². The molecule has 2 unspecified atom stereocenters. The molecular weight excluding hydrogens is 170 g/mol. The zero-order chi connectivity index (χ0) is 10.4. The molecule has 1 nitrogen and oxygen atoms in total. The van der Waals surface area contributed by atoms with E-state index in [-0.39, 0.29) is 0 Å². The Hall–Kier alpha value is -0.300. The molecule has 0 radical (unpaired) electrons. The van der Waals surface area contributed by atoms with Crippen molar-refractivity contribution in [2.75, 3.05) is 13.1 Å². The van der Waals surface area contributed by atoms with Gasteiger partial charge in [0.2, 0.25) is 0 Å². The maximum Gasteiger partial charge on any atom is -0.00180 e. The highest BCUT2D eigenvalue weighted by Crippen LogP contribution is 2.35. The van der Waals surface area contributed by atoms with Crippen LogP contribution in [0.1, 0.15) is 46.0 Å². The maximum atomic E-state index is 3.99. The van der Waals surface area contributed by atoms with Crippen molar-refractivity contribution >= 4 is 0 Å². The highest BCUT2D eigenvalue weighted by molar-refractivity contribution is 4.90. The lowest BCUT2D eigenvalue weighted by Crippen LogP contribution is -2.25. The van der Waals surface area contributed by atoms with Gasteiger partial charge in [0.15, 0.2) is 0 Å². The fraction of sp³-hybridized carbons (Fsp3) is 0.846. The number of nitrogens with one attached hydrogen (secondary N) is 1. The first kappa shape index (κ1) is 11.8. The Morgan fingerprint density at radius 2 is 2.07 bits per heavy atom. The van der Waals surface area contributed by atoms with Crippen LogP contribution in [0.3, 0.4) is 0 Å². The summed E-state index contributed by atoms with van der Waals surface area (Å²) in [6.07, 6.45) is 6.92. The van der Waals surface area contributed by atoms with E-state index in [2.05, 4.69) is 25.7 Å². The van der Waals surface area contributed by atoms with Gasteiger partial charge >= 0.3 is 0 Å². The van der Waals surface area contributed by atoms with Gasteiger partial charge in [0.25, 0.3) is 0 Å². The first-order valence-corrected chi connectivity index (χ1v) is 6.09. The van der Waals surface area contributed by atoms with E-state index in [9.17, 15) is 0 Å². The third-order valence-corrected chi connectivity index (χ3v) is 3.41. The molecule has 1 saturated carbocycles. The molecule has 82 valence electrons. The predicted molar refractivity (Wildman–Crippen MR) is 63.4 cm³/mol. The van der Waals surface area contributed by atoms with Crippen LogP contribution in [-0.4, -0.2) is 13.1 Å². The van der Waals surface area contributed by atoms with Gasteiger partial charge in [-0.25, -0.2) is 0 Å². The van der Waals surface area contributed by atoms with Gasteiger partial charge in [-0.3, -0.25) is 0 Å². The second-order valence-corrected chi connectivity index (χ2v) is 4.75. The molecule has 0 bridgehead atoms. The molecular formula is C13H25N. The average molecular weight is 195 g/mol. The molecule has 1 aliphatic carbocycles. The summed E-state index contributed by atoms with van der Waals surface area (Å²) >= 11 is 0. The van der Waals surface area contributed by atoms with E-state index in [1.165, 1.54) is 44.2 Å². The molecule has 0 amide bonds. The van der Waals surface area contributed by atoms with Crippen molar-refractivity contribution in [3.05, 3.63) is 12.2 Å². The normalized spacial score (nSPS) is 26.7. The highest BCUT2D eigenvalue weighted by Gasteiger charge is 2.25. The van der Waals surface area contributed by atoms with Gasteiger partial charge in [0, 0.05) is 0 Å². The van der Waals surface area contributed by atoms with Crippen molar-refractivity contribution in [3.8, 4) is 0 Å². The molecule has 14 heavy (non-hydrogen) atoms. The molecule has 0 saturated heterocycles. The van der Waals surface area contributed by atoms with E-state index in [4.69, 9.17) is 0 Å². The Balaban J connectivity index is 2.24. The summed E-state index contributed by atoms with van der Waals surface area (Å²) in [5.41, 5.74) is 1.35. The second kappa shape index (κ2) is 6.23. The summed E-state index contributed by atoms with van der Waals surface area (Å²) in [5.74, 6) is 1.90. The summed E-state index contributed by atoms with van der Waals surface area (Å²) in [6.45, 7) is 10.7. The zero-order valence-electron chi connectivity index (χ0n) is 9.81. The first-order chi connectivity index (χ1) is 6.74. The molecule has 1 fully saturated rings. The average Bonchev–Trinajstić information content (AvgIpc) is 2.58. The van der Waals surface area contributed by atoms with E-state index in [1.807, 2.05) is 0 Å². The van der Waals surface area contributed by atoms with Crippen LogP contribution in [0.5, 0.6) is 0 Å². The van der Waals surface area contributed by atoms with Crippen molar-refractivity contribution in [2.45, 2.75) is 46.0 Å². The summed E-state index contributed by atoms with van der Waals surface area (Å²) < 4.78 is 0. The van der Waals surface area contributed by atoms with E-state index in [0.717, 1.165) is 18.4 Å². The Labute approximate surface area is 89.0 Å². The Morgan fingerprint density at radius 1 is 1.36 bits per heavy atom. The predicted octanol–water partition coefficient (Wildman–Crippen LogP) is 3.37. The minimum atomic E-state index is 0.939. The summed E-state index contributed by atoms with van der Waals surface area (Å²) in [5, 5.41) is 3.49. The summed E-state index contributed by atoms with van der Waals surface area (Å²) in [6, 6.07) is 0. The smallest absolute Gasteiger partial charge is 0.00180 e. The topological polar surface area (TPSA) is 12.0 Å². The molecule has 0 heterocycles. The van der Waals surface area contributed by atoms with Crippen molar-refractivity contribution in [3.63, 3.8) is 0 Å². The van der Waals surface area contributed by atoms with E-state index < -0.39 is 0 Å². The lowest BCUT2D eigenvalue weighted by atomic mass is 9.90. The zero-order valence-corrected chi connectivity index (χ0v) is 9.81. The third-order valence-electron chi connectivity index (χ3n) is 3.41. The van der Waals surface area contributed by atoms with Gasteiger partial charge < -0.3 is 5.32 Å². The number of allylic oxidation sites excluding steroid dienone is 1.